The maximum atomic E-state index is 12.4. The number of rotatable bonds is 6. The number of carboxylic acids is 1. The minimum atomic E-state index is -0.901. The number of aryl methyl sites for hydroxylation is 2. The highest BCUT2D eigenvalue weighted by molar-refractivity contribution is 7.22. The summed E-state index contributed by atoms with van der Waals surface area (Å²) >= 11 is 7.95. The first kappa shape index (κ1) is 28.8. The summed E-state index contributed by atoms with van der Waals surface area (Å²) in [7, 11) is 1.98. The smallest absolute Gasteiger partial charge is 0.310 e. The number of pyridine rings is 2. The number of halogens is 1. The van der Waals surface area contributed by atoms with E-state index in [4.69, 9.17) is 26.3 Å². The summed E-state index contributed by atoms with van der Waals surface area (Å²) in [5, 5.41) is 12.5. The lowest BCUT2D eigenvalue weighted by Crippen LogP contribution is -2.23. The molecule has 1 N–H and O–H groups in total. The Morgan fingerprint density at radius 2 is 1.88 bits per heavy atom. The molecule has 0 radical (unpaired) electrons. The van der Waals surface area contributed by atoms with Crippen molar-refractivity contribution in [3.63, 3.8) is 0 Å². The van der Waals surface area contributed by atoms with E-state index in [1.54, 1.807) is 19.2 Å². The summed E-state index contributed by atoms with van der Waals surface area (Å²) in [5.41, 5.74) is 7.24. The van der Waals surface area contributed by atoms with E-state index < -0.39 is 17.5 Å². The van der Waals surface area contributed by atoms with Crippen LogP contribution in [0.2, 0.25) is 5.02 Å². The molecule has 7 nitrogen and oxygen atoms in total. The molecule has 0 amide bonds. The highest BCUT2D eigenvalue weighted by atomic mass is 35.5. The van der Waals surface area contributed by atoms with Gasteiger partial charge in [0, 0.05) is 70.1 Å². The van der Waals surface area contributed by atoms with Gasteiger partial charge >= 0.3 is 5.97 Å². The van der Waals surface area contributed by atoms with Crippen LogP contribution in [0.4, 0.5) is 0 Å². The number of nitrogens with zero attached hydrogens (tertiary/aromatic N) is 4. The van der Waals surface area contributed by atoms with E-state index in [1.165, 1.54) is 11.3 Å². The highest BCUT2D eigenvalue weighted by Gasteiger charge is 2.28. The lowest BCUT2D eigenvalue weighted by atomic mass is 9.87. The fraction of sp³-hybridized carbons (Fsp3) is 0.235. The lowest BCUT2D eigenvalue weighted by molar-refractivity contribution is -0.138. The van der Waals surface area contributed by atoms with Crippen molar-refractivity contribution in [2.45, 2.75) is 46.1 Å². The van der Waals surface area contributed by atoms with Crippen molar-refractivity contribution in [2.75, 3.05) is 0 Å². The van der Waals surface area contributed by atoms with E-state index in [2.05, 4.69) is 17.2 Å². The van der Waals surface area contributed by atoms with Crippen molar-refractivity contribution in [3.05, 3.63) is 83.4 Å². The van der Waals surface area contributed by atoms with Gasteiger partial charge in [-0.2, -0.15) is 0 Å². The minimum Gasteiger partial charge on any atom is -0.487 e. The van der Waals surface area contributed by atoms with Crippen molar-refractivity contribution < 1.29 is 14.6 Å². The Kier molecular flexibility index (Phi) is 7.22. The quantitative estimate of drug-likeness (QED) is 0.202. The van der Waals surface area contributed by atoms with E-state index in [-0.39, 0.29) is 0 Å². The van der Waals surface area contributed by atoms with Gasteiger partial charge in [0.25, 0.3) is 0 Å². The molecule has 4 aromatic heterocycles. The van der Waals surface area contributed by atoms with Crippen LogP contribution in [0.1, 0.15) is 44.7 Å². The molecule has 0 unspecified atom stereocenters. The number of ether oxygens (including phenoxy) is 1. The summed E-state index contributed by atoms with van der Waals surface area (Å²) < 4.78 is 9.28. The van der Waals surface area contributed by atoms with Crippen molar-refractivity contribution >= 4 is 50.2 Å². The average Bonchev–Trinajstić information content (AvgIpc) is 3.52. The van der Waals surface area contributed by atoms with Gasteiger partial charge in [0.15, 0.2) is 0 Å². The number of aliphatic carboxylic acids is 1. The zero-order valence-electron chi connectivity index (χ0n) is 24.8. The van der Waals surface area contributed by atoms with Gasteiger partial charge in [-0.05, 0) is 82.1 Å². The van der Waals surface area contributed by atoms with Crippen LogP contribution >= 0.6 is 22.9 Å². The molecule has 0 aliphatic heterocycles. The molecule has 218 valence electrons. The van der Waals surface area contributed by atoms with E-state index in [0.717, 1.165) is 65.2 Å². The molecule has 2 aromatic carbocycles. The summed E-state index contributed by atoms with van der Waals surface area (Å²) in [6.07, 6.45) is 7.52. The molecule has 0 aliphatic rings. The molecule has 0 saturated heterocycles. The first-order valence-corrected chi connectivity index (χ1v) is 15.1. The number of benzene rings is 2. The van der Waals surface area contributed by atoms with E-state index in [0.29, 0.717) is 10.8 Å². The summed E-state index contributed by atoms with van der Waals surface area (Å²) in [4.78, 5) is 26.5. The number of hydrogen-bond acceptors (Lipinski definition) is 6. The Morgan fingerprint density at radius 1 is 1.09 bits per heavy atom. The van der Waals surface area contributed by atoms with Crippen LogP contribution in [0.15, 0.2) is 67.3 Å². The molecule has 6 rings (SSSR count). The number of thiazole rings is 1. The minimum absolute atomic E-state index is 0.497. The van der Waals surface area contributed by atoms with Gasteiger partial charge < -0.3 is 14.4 Å². The van der Waals surface area contributed by atoms with Gasteiger partial charge in [-0.1, -0.05) is 17.7 Å². The van der Waals surface area contributed by atoms with Crippen LogP contribution < -0.4 is 4.74 Å². The molecule has 43 heavy (non-hydrogen) atoms. The van der Waals surface area contributed by atoms with Crippen molar-refractivity contribution in [1.29, 1.82) is 0 Å². The van der Waals surface area contributed by atoms with Gasteiger partial charge in [-0.3, -0.25) is 9.78 Å². The molecule has 0 aliphatic carbocycles. The van der Waals surface area contributed by atoms with Gasteiger partial charge in [0.05, 0.1) is 16.1 Å². The van der Waals surface area contributed by atoms with Crippen LogP contribution in [0.3, 0.4) is 0 Å². The third-order valence-electron chi connectivity index (χ3n) is 7.39. The second kappa shape index (κ2) is 10.8. The third-order valence-corrected chi connectivity index (χ3v) is 8.77. The molecule has 4 heterocycles. The predicted molar refractivity (Wildman–Crippen MR) is 174 cm³/mol. The average molecular weight is 611 g/mol. The van der Waals surface area contributed by atoms with E-state index >= 15 is 0 Å². The van der Waals surface area contributed by atoms with Crippen molar-refractivity contribution in [1.82, 2.24) is 19.5 Å². The molecule has 0 spiro atoms. The van der Waals surface area contributed by atoms with Crippen LogP contribution in [-0.2, 0) is 11.8 Å². The van der Waals surface area contributed by atoms with Gasteiger partial charge in [-0.25, -0.2) is 9.97 Å². The Hall–Kier alpha value is -4.27. The summed E-state index contributed by atoms with van der Waals surface area (Å²) in [5.74, 6) is -1.07. The largest absolute Gasteiger partial charge is 0.487 e. The third kappa shape index (κ3) is 5.37. The monoisotopic (exact) mass is 610 g/mol. The number of carbonyl (C=O) groups is 1. The molecule has 1 atom stereocenters. The van der Waals surface area contributed by atoms with Gasteiger partial charge in [0.2, 0.25) is 0 Å². The maximum absolute atomic E-state index is 12.4. The summed E-state index contributed by atoms with van der Waals surface area (Å²) in [6, 6.07) is 13.6. The molecular weight excluding hydrogens is 580 g/mol. The fourth-order valence-electron chi connectivity index (χ4n) is 5.53. The second-order valence-electron chi connectivity index (χ2n) is 11.8. The molecular formula is C34H31ClN4O3S. The van der Waals surface area contributed by atoms with Crippen LogP contribution in [0, 0.1) is 6.92 Å². The lowest BCUT2D eigenvalue weighted by Gasteiger charge is -2.25. The maximum Gasteiger partial charge on any atom is 0.310 e. The number of hydrogen-bond donors (Lipinski definition) is 1. The van der Waals surface area contributed by atoms with Crippen molar-refractivity contribution in [3.8, 4) is 38.6 Å². The van der Waals surface area contributed by atoms with Crippen LogP contribution in [0.5, 0.6) is 5.75 Å². The zero-order valence-corrected chi connectivity index (χ0v) is 26.3. The molecule has 9 heteroatoms. The van der Waals surface area contributed by atoms with E-state index in [1.807, 2.05) is 82.0 Å². The Morgan fingerprint density at radius 3 is 2.58 bits per heavy atom. The SMILES string of the molecule is Cc1cc2nc(-c3cnc4c(c3)c(-c3cccnc3)cn4C)sc2c(-c2ccc(Cl)cc2OC(C)(C)C)c1[C@H](C)C(=O)O. The van der Waals surface area contributed by atoms with E-state index in [9.17, 15) is 9.90 Å². The fourth-order valence-corrected chi connectivity index (χ4v) is 6.79. The standard InChI is InChI=1S/C34H31ClN4O3S/c1-18-12-26-30(29(28(18)19(2)33(40)41)23-10-9-22(35)14-27(23)42-34(3,4)5)43-32(38-26)21-13-24-25(20-8-7-11-36-15-20)17-39(6)31(24)37-16-21/h7-17,19H,1-6H3,(H,40,41)/t19-/m0/s1. The first-order chi connectivity index (χ1) is 20.4. The first-order valence-electron chi connectivity index (χ1n) is 13.9. The Bertz CT molecular complexity index is 2030. The normalized spacial score (nSPS) is 12.6. The predicted octanol–water partition coefficient (Wildman–Crippen LogP) is 8.91. The molecule has 6 aromatic rings. The second-order valence-corrected chi connectivity index (χ2v) is 13.2. The number of aromatic nitrogens is 4. The molecule has 0 fully saturated rings. The highest BCUT2D eigenvalue weighted by Crippen LogP contribution is 2.47. The Labute approximate surface area is 258 Å². The molecule has 0 saturated carbocycles. The molecule has 0 bridgehead atoms. The number of fused-ring (bicyclic) bond motifs is 2. The van der Waals surface area contributed by atoms with Gasteiger partial charge in [0.1, 0.15) is 22.0 Å². The topological polar surface area (TPSA) is 90.1 Å². The van der Waals surface area contributed by atoms with Gasteiger partial charge in [-0.15, -0.1) is 11.3 Å². The zero-order chi connectivity index (χ0) is 30.6. The number of carboxylic acid groups (broad SMARTS) is 1. The van der Waals surface area contributed by atoms with Crippen LogP contribution in [0.25, 0.3) is 54.1 Å². The van der Waals surface area contributed by atoms with Crippen molar-refractivity contribution in [2.24, 2.45) is 7.05 Å². The summed E-state index contributed by atoms with van der Waals surface area (Å²) in [6.45, 7) is 9.58. The Balaban J connectivity index is 1.61. The van der Waals surface area contributed by atoms with Crippen LogP contribution in [-0.4, -0.2) is 36.2 Å².